The molecule has 1 nitrogen and oxygen atoms in total. The van der Waals surface area contributed by atoms with Crippen molar-refractivity contribution >= 4 is 43.6 Å². The van der Waals surface area contributed by atoms with Gasteiger partial charge in [0.25, 0.3) is 0 Å². The predicted molar refractivity (Wildman–Crippen MR) is 89.8 cm³/mol. The normalized spacial score (nSPS) is 10.7. The van der Waals surface area contributed by atoms with Gasteiger partial charge in [-0.3, -0.25) is 0 Å². The van der Waals surface area contributed by atoms with Crippen LogP contribution in [0.5, 0.6) is 0 Å². The highest BCUT2D eigenvalue weighted by Gasteiger charge is 2.05. The number of hydrogen-bond acceptors (Lipinski definition) is 2. The average Bonchev–Trinajstić information content (AvgIpc) is 2.39. The topological polar surface area (TPSA) is 12.0 Å². The Morgan fingerprint density at radius 2 is 1.84 bits per heavy atom. The van der Waals surface area contributed by atoms with E-state index in [2.05, 4.69) is 80.5 Å². The summed E-state index contributed by atoms with van der Waals surface area (Å²) in [6.45, 7) is 4.00. The van der Waals surface area contributed by atoms with Gasteiger partial charge in [0.15, 0.2) is 0 Å². The number of benzene rings is 2. The molecule has 1 N–H and O–H groups in total. The zero-order valence-corrected chi connectivity index (χ0v) is 14.6. The molecular weight excluding hydrogens is 386 g/mol. The maximum atomic E-state index is 3.54. The second-order valence-corrected chi connectivity index (χ2v) is 7.04. The minimum absolute atomic E-state index is 0.895. The fraction of sp³-hybridized carbons (Fsp3) is 0.200. The van der Waals surface area contributed by atoms with Gasteiger partial charge in [-0.1, -0.05) is 56.6 Å². The fourth-order valence-electron chi connectivity index (χ4n) is 1.70. The molecule has 0 saturated carbocycles. The summed E-state index contributed by atoms with van der Waals surface area (Å²) in [5, 5.41) is 3.39. The molecule has 100 valence electrons. The minimum Gasteiger partial charge on any atom is -0.313 e. The van der Waals surface area contributed by atoms with Gasteiger partial charge in [-0.15, -0.1) is 0 Å². The SMILES string of the molecule is CCNCc1cc(Br)ccc1Sc1cccc(Br)c1. The summed E-state index contributed by atoms with van der Waals surface area (Å²) in [6, 6.07) is 14.8. The van der Waals surface area contributed by atoms with Crippen molar-refractivity contribution in [1.29, 1.82) is 0 Å². The molecule has 0 unspecified atom stereocenters. The third-order valence-electron chi connectivity index (χ3n) is 2.61. The van der Waals surface area contributed by atoms with Crippen LogP contribution in [-0.2, 0) is 6.54 Å². The van der Waals surface area contributed by atoms with Crippen molar-refractivity contribution in [1.82, 2.24) is 5.32 Å². The molecule has 2 rings (SSSR count). The van der Waals surface area contributed by atoms with Crippen LogP contribution in [0.4, 0.5) is 0 Å². The van der Waals surface area contributed by atoms with Crippen molar-refractivity contribution < 1.29 is 0 Å². The molecule has 2 aromatic carbocycles. The summed E-state index contributed by atoms with van der Waals surface area (Å²) in [4.78, 5) is 2.54. The molecule has 0 spiro atoms. The van der Waals surface area contributed by atoms with E-state index in [4.69, 9.17) is 0 Å². The van der Waals surface area contributed by atoms with Crippen LogP contribution in [0, 0.1) is 0 Å². The van der Waals surface area contributed by atoms with Crippen molar-refractivity contribution in [3.05, 3.63) is 57.0 Å². The van der Waals surface area contributed by atoms with E-state index in [1.54, 1.807) is 11.8 Å². The average molecular weight is 401 g/mol. The summed E-state index contributed by atoms with van der Waals surface area (Å²) in [6.07, 6.45) is 0. The first-order chi connectivity index (χ1) is 9.19. The molecule has 0 amide bonds. The molecule has 0 aliphatic carbocycles. The lowest BCUT2D eigenvalue weighted by molar-refractivity contribution is 0.717. The van der Waals surface area contributed by atoms with Crippen LogP contribution in [0.1, 0.15) is 12.5 Å². The van der Waals surface area contributed by atoms with E-state index >= 15 is 0 Å². The highest BCUT2D eigenvalue weighted by Crippen LogP contribution is 2.33. The van der Waals surface area contributed by atoms with E-state index in [-0.39, 0.29) is 0 Å². The molecule has 2 aromatic rings. The zero-order valence-electron chi connectivity index (χ0n) is 10.6. The smallest absolute Gasteiger partial charge is 0.0217 e. The van der Waals surface area contributed by atoms with Crippen molar-refractivity contribution in [2.75, 3.05) is 6.54 Å². The lowest BCUT2D eigenvalue weighted by Crippen LogP contribution is -2.12. The quantitative estimate of drug-likeness (QED) is 0.713. The maximum Gasteiger partial charge on any atom is 0.0217 e. The summed E-state index contributed by atoms with van der Waals surface area (Å²) in [5.74, 6) is 0. The van der Waals surface area contributed by atoms with E-state index in [9.17, 15) is 0 Å². The molecular formula is C15H15Br2NS. The minimum atomic E-state index is 0.895. The second kappa shape index (κ2) is 7.48. The van der Waals surface area contributed by atoms with Crippen LogP contribution in [0.3, 0.4) is 0 Å². The lowest BCUT2D eigenvalue weighted by Gasteiger charge is -2.10. The second-order valence-electron chi connectivity index (χ2n) is 4.09. The van der Waals surface area contributed by atoms with Crippen LogP contribution in [0.25, 0.3) is 0 Å². The molecule has 0 fully saturated rings. The van der Waals surface area contributed by atoms with Crippen LogP contribution in [-0.4, -0.2) is 6.54 Å². The molecule has 0 saturated heterocycles. The van der Waals surface area contributed by atoms with Gasteiger partial charge in [0, 0.05) is 25.3 Å². The summed E-state index contributed by atoms with van der Waals surface area (Å²) in [7, 11) is 0. The molecule has 0 aliphatic rings. The molecule has 0 aliphatic heterocycles. The monoisotopic (exact) mass is 399 g/mol. The molecule has 0 bridgehead atoms. The molecule has 0 radical (unpaired) electrons. The van der Waals surface area contributed by atoms with Crippen molar-refractivity contribution in [3.63, 3.8) is 0 Å². The Bertz CT molecular complexity index is 558. The van der Waals surface area contributed by atoms with E-state index in [1.807, 2.05) is 6.07 Å². The Kier molecular flexibility index (Phi) is 5.95. The number of rotatable bonds is 5. The third-order valence-corrected chi connectivity index (χ3v) is 4.71. The highest BCUT2D eigenvalue weighted by molar-refractivity contribution is 9.10. The predicted octanol–water partition coefficient (Wildman–Crippen LogP) is 5.47. The summed E-state index contributed by atoms with van der Waals surface area (Å²) < 4.78 is 2.24. The first-order valence-electron chi connectivity index (χ1n) is 6.11. The van der Waals surface area contributed by atoms with Crippen LogP contribution in [0.2, 0.25) is 0 Å². The van der Waals surface area contributed by atoms with Gasteiger partial charge in [0.1, 0.15) is 0 Å². The van der Waals surface area contributed by atoms with E-state index in [1.165, 1.54) is 15.4 Å². The van der Waals surface area contributed by atoms with Crippen molar-refractivity contribution in [3.8, 4) is 0 Å². The van der Waals surface area contributed by atoms with Gasteiger partial charge in [0.2, 0.25) is 0 Å². The molecule has 4 heteroatoms. The molecule has 0 heterocycles. The number of halogens is 2. The Hall–Kier alpha value is -0.290. The fourth-order valence-corrected chi connectivity index (χ4v) is 3.65. The largest absolute Gasteiger partial charge is 0.313 e. The third kappa shape index (κ3) is 4.63. The first kappa shape index (κ1) is 15.1. The van der Waals surface area contributed by atoms with Gasteiger partial charge in [-0.25, -0.2) is 0 Å². The van der Waals surface area contributed by atoms with E-state index in [0.717, 1.165) is 22.0 Å². The summed E-state index contributed by atoms with van der Waals surface area (Å²) >= 11 is 8.85. The van der Waals surface area contributed by atoms with Gasteiger partial charge in [0.05, 0.1) is 0 Å². The molecule has 0 aromatic heterocycles. The van der Waals surface area contributed by atoms with Crippen LogP contribution in [0.15, 0.2) is 61.2 Å². The Morgan fingerprint density at radius 3 is 2.58 bits per heavy atom. The first-order valence-corrected chi connectivity index (χ1v) is 8.52. The van der Waals surface area contributed by atoms with Gasteiger partial charge < -0.3 is 5.32 Å². The van der Waals surface area contributed by atoms with Crippen molar-refractivity contribution in [2.24, 2.45) is 0 Å². The standard InChI is InChI=1S/C15H15Br2NS/c1-2-18-10-11-8-13(17)6-7-15(11)19-14-5-3-4-12(16)9-14/h3-9,18H,2,10H2,1H3. The molecule has 19 heavy (non-hydrogen) atoms. The van der Waals surface area contributed by atoms with Crippen LogP contribution >= 0.6 is 43.6 Å². The van der Waals surface area contributed by atoms with Gasteiger partial charge >= 0.3 is 0 Å². The highest BCUT2D eigenvalue weighted by atomic mass is 79.9. The van der Waals surface area contributed by atoms with E-state index < -0.39 is 0 Å². The lowest BCUT2D eigenvalue weighted by atomic mass is 10.2. The Balaban J connectivity index is 2.23. The zero-order chi connectivity index (χ0) is 13.7. The van der Waals surface area contributed by atoms with E-state index in [0.29, 0.717) is 0 Å². The molecule has 0 atom stereocenters. The van der Waals surface area contributed by atoms with Crippen molar-refractivity contribution in [2.45, 2.75) is 23.3 Å². The van der Waals surface area contributed by atoms with Crippen LogP contribution < -0.4 is 5.32 Å². The maximum absolute atomic E-state index is 3.54. The Labute approximate surface area is 135 Å². The number of nitrogens with one attached hydrogen (secondary N) is 1. The Morgan fingerprint density at radius 1 is 1.05 bits per heavy atom. The van der Waals surface area contributed by atoms with Gasteiger partial charge in [-0.05, 0) is 48.5 Å². The summed E-state index contributed by atoms with van der Waals surface area (Å²) in [5.41, 5.74) is 1.32. The van der Waals surface area contributed by atoms with Gasteiger partial charge in [-0.2, -0.15) is 0 Å². The number of hydrogen-bond donors (Lipinski definition) is 1.